The van der Waals surface area contributed by atoms with Gasteiger partial charge in [-0.15, -0.1) is 0 Å². The summed E-state index contributed by atoms with van der Waals surface area (Å²) in [5.74, 6) is 0.226. The molecule has 4 nitrogen and oxygen atoms in total. The van der Waals surface area contributed by atoms with Crippen LogP contribution in [0.4, 0.5) is 0 Å². The van der Waals surface area contributed by atoms with Gasteiger partial charge >= 0.3 is 0 Å². The molecule has 0 saturated carbocycles. The van der Waals surface area contributed by atoms with Crippen molar-refractivity contribution in [2.24, 2.45) is 11.7 Å². The quantitative estimate of drug-likeness (QED) is 0.809. The first-order chi connectivity index (χ1) is 9.36. The molecule has 1 aromatic rings. The number of rotatable bonds is 3. The molecule has 1 fully saturated rings. The highest BCUT2D eigenvalue weighted by Gasteiger charge is 2.34. The Morgan fingerprint density at radius 1 is 1.40 bits per heavy atom. The lowest BCUT2D eigenvalue weighted by Crippen LogP contribution is -2.48. The minimum atomic E-state index is -3.48. The van der Waals surface area contributed by atoms with Gasteiger partial charge in [0.2, 0.25) is 10.0 Å². The highest BCUT2D eigenvalue weighted by Crippen LogP contribution is 2.31. The molecular formula is C13H18Br2N2O2S. The van der Waals surface area contributed by atoms with Crippen molar-refractivity contribution in [3.63, 3.8) is 0 Å². The van der Waals surface area contributed by atoms with Crippen molar-refractivity contribution >= 4 is 41.9 Å². The summed E-state index contributed by atoms with van der Waals surface area (Å²) in [6.45, 7) is 3.04. The maximum absolute atomic E-state index is 12.8. The number of hydrogen-bond donors (Lipinski definition) is 1. The van der Waals surface area contributed by atoms with Crippen LogP contribution >= 0.6 is 31.9 Å². The fourth-order valence-corrected chi connectivity index (χ4v) is 5.46. The lowest BCUT2D eigenvalue weighted by atomic mass is 9.92. The second-order valence-corrected chi connectivity index (χ2v) is 8.74. The van der Waals surface area contributed by atoms with Gasteiger partial charge in [-0.05, 0) is 46.5 Å². The van der Waals surface area contributed by atoms with Crippen molar-refractivity contribution in [2.75, 3.05) is 13.1 Å². The Balaban J connectivity index is 2.33. The molecule has 112 valence electrons. The van der Waals surface area contributed by atoms with E-state index in [1.165, 1.54) is 0 Å². The van der Waals surface area contributed by atoms with E-state index in [2.05, 4.69) is 38.8 Å². The Morgan fingerprint density at radius 2 is 2.10 bits per heavy atom. The Hall–Kier alpha value is 0.0500. The van der Waals surface area contributed by atoms with Crippen molar-refractivity contribution in [1.82, 2.24) is 4.31 Å². The first-order valence-corrected chi connectivity index (χ1v) is 9.59. The second-order valence-electron chi connectivity index (χ2n) is 5.06. The molecule has 7 heteroatoms. The number of halogens is 2. The van der Waals surface area contributed by atoms with Crippen LogP contribution in [0.2, 0.25) is 0 Å². The van der Waals surface area contributed by atoms with Gasteiger partial charge in [0.15, 0.2) is 0 Å². The van der Waals surface area contributed by atoms with Crippen LogP contribution in [0.25, 0.3) is 0 Å². The van der Waals surface area contributed by atoms with E-state index < -0.39 is 10.0 Å². The third-order valence-electron chi connectivity index (χ3n) is 3.79. The first kappa shape index (κ1) is 16.4. The molecule has 1 aromatic carbocycles. The maximum atomic E-state index is 12.8. The van der Waals surface area contributed by atoms with E-state index in [4.69, 9.17) is 5.73 Å². The molecular weight excluding hydrogens is 408 g/mol. The van der Waals surface area contributed by atoms with Crippen LogP contribution in [0.3, 0.4) is 0 Å². The summed E-state index contributed by atoms with van der Waals surface area (Å²) in [5, 5.41) is 0. The molecule has 0 spiro atoms. The molecule has 2 unspecified atom stereocenters. The van der Waals surface area contributed by atoms with Gasteiger partial charge in [-0.2, -0.15) is 4.31 Å². The van der Waals surface area contributed by atoms with E-state index >= 15 is 0 Å². The fraction of sp³-hybridized carbons (Fsp3) is 0.538. The zero-order valence-corrected chi connectivity index (χ0v) is 15.2. The molecule has 0 aliphatic carbocycles. The summed E-state index contributed by atoms with van der Waals surface area (Å²) in [4.78, 5) is 0.303. The predicted octanol–water partition coefficient (Wildman–Crippen LogP) is 2.96. The number of nitrogens with two attached hydrogens (primary N) is 1. The van der Waals surface area contributed by atoms with Crippen molar-refractivity contribution in [3.8, 4) is 0 Å². The molecule has 2 N–H and O–H groups in total. The zero-order chi connectivity index (χ0) is 14.9. The van der Waals surface area contributed by atoms with E-state index in [-0.39, 0.29) is 12.0 Å². The Kier molecular flexibility index (Phi) is 5.29. The van der Waals surface area contributed by atoms with Crippen LogP contribution in [-0.2, 0) is 10.0 Å². The first-order valence-electron chi connectivity index (χ1n) is 6.57. The van der Waals surface area contributed by atoms with Crippen LogP contribution < -0.4 is 5.73 Å². The lowest BCUT2D eigenvalue weighted by molar-refractivity contribution is 0.230. The Labute approximate surface area is 137 Å². The minimum Gasteiger partial charge on any atom is -0.327 e. The molecule has 0 radical (unpaired) electrons. The van der Waals surface area contributed by atoms with Crippen molar-refractivity contribution in [3.05, 3.63) is 27.1 Å². The number of sulfonamides is 1. The minimum absolute atomic E-state index is 0.0948. The monoisotopic (exact) mass is 424 g/mol. The summed E-state index contributed by atoms with van der Waals surface area (Å²) < 4.78 is 28.4. The molecule has 1 saturated heterocycles. The zero-order valence-electron chi connectivity index (χ0n) is 11.2. The topological polar surface area (TPSA) is 63.4 Å². The van der Waals surface area contributed by atoms with Gasteiger partial charge in [0.1, 0.15) is 0 Å². The smallest absolute Gasteiger partial charge is 0.244 e. The number of piperidine rings is 1. The molecule has 1 aliphatic heterocycles. The van der Waals surface area contributed by atoms with Crippen LogP contribution in [0.15, 0.2) is 32.0 Å². The summed E-state index contributed by atoms with van der Waals surface area (Å²) in [5.41, 5.74) is 6.05. The molecule has 0 amide bonds. The van der Waals surface area contributed by atoms with E-state index in [9.17, 15) is 8.42 Å². The average molecular weight is 426 g/mol. The number of benzene rings is 1. The normalized spacial score (nSPS) is 24.8. The summed E-state index contributed by atoms with van der Waals surface area (Å²) >= 11 is 6.65. The van der Waals surface area contributed by atoms with Gasteiger partial charge in [0, 0.05) is 28.1 Å². The predicted molar refractivity (Wildman–Crippen MR) is 87.0 cm³/mol. The molecule has 20 heavy (non-hydrogen) atoms. The number of nitrogens with zero attached hydrogens (tertiary/aromatic N) is 1. The van der Waals surface area contributed by atoms with Crippen molar-refractivity contribution in [1.29, 1.82) is 0 Å². The summed E-state index contributed by atoms with van der Waals surface area (Å²) in [6.07, 6.45) is 1.61. The average Bonchev–Trinajstić information content (AvgIpc) is 2.41. The van der Waals surface area contributed by atoms with Gasteiger partial charge in [0.25, 0.3) is 0 Å². The van der Waals surface area contributed by atoms with E-state index in [1.54, 1.807) is 16.4 Å². The Bertz CT molecular complexity index is 592. The van der Waals surface area contributed by atoms with Crippen molar-refractivity contribution < 1.29 is 8.42 Å². The third kappa shape index (κ3) is 3.27. The van der Waals surface area contributed by atoms with Crippen LogP contribution in [0.1, 0.15) is 19.8 Å². The van der Waals surface area contributed by atoms with Gasteiger partial charge in [-0.25, -0.2) is 8.42 Å². The molecule has 1 heterocycles. The third-order valence-corrected chi connectivity index (χ3v) is 7.14. The highest BCUT2D eigenvalue weighted by atomic mass is 79.9. The van der Waals surface area contributed by atoms with E-state index in [0.29, 0.717) is 28.9 Å². The van der Waals surface area contributed by atoms with Crippen LogP contribution in [0, 0.1) is 5.92 Å². The largest absolute Gasteiger partial charge is 0.327 e. The van der Waals surface area contributed by atoms with Gasteiger partial charge in [-0.1, -0.05) is 29.3 Å². The van der Waals surface area contributed by atoms with Crippen LogP contribution in [0.5, 0.6) is 0 Å². The lowest BCUT2D eigenvalue weighted by Gasteiger charge is -2.35. The molecule has 1 aliphatic rings. The fourth-order valence-electron chi connectivity index (χ4n) is 2.48. The second kappa shape index (κ2) is 6.44. The van der Waals surface area contributed by atoms with Gasteiger partial charge < -0.3 is 5.73 Å². The van der Waals surface area contributed by atoms with Gasteiger partial charge in [-0.3, -0.25) is 0 Å². The molecule has 2 atom stereocenters. The van der Waals surface area contributed by atoms with Gasteiger partial charge in [0.05, 0.1) is 4.90 Å². The summed E-state index contributed by atoms with van der Waals surface area (Å²) in [7, 11) is -3.48. The maximum Gasteiger partial charge on any atom is 0.244 e. The Morgan fingerprint density at radius 3 is 2.75 bits per heavy atom. The number of hydrogen-bond acceptors (Lipinski definition) is 3. The van der Waals surface area contributed by atoms with E-state index in [1.807, 2.05) is 6.07 Å². The summed E-state index contributed by atoms with van der Waals surface area (Å²) in [6, 6.07) is 5.28. The SMILES string of the molecule is CCC1CN(S(=O)(=O)c2cc(Br)ccc2Br)CCC1N. The van der Waals surface area contributed by atoms with E-state index in [0.717, 1.165) is 10.9 Å². The van der Waals surface area contributed by atoms with Crippen molar-refractivity contribution in [2.45, 2.75) is 30.7 Å². The highest BCUT2D eigenvalue weighted by molar-refractivity contribution is 9.11. The standard InChI is InChI=1S/C13H18Br2N2O2S/c1-2-9-8-17(6-5-12(9)16)20(18,19)13-7-10(14)3-4-11(13)15/h3-4,7,9,12H,2,5-6,8,16H2,1H3. The molecule has 2 rings (SSSR count). The molecule has 0 aromatic heterocycles. The van der Waals surface area contributed by atoms with Crippen LogP contribution in [-0.4, -0.2) is 31.9 Å². The molecule has 0 bridgehead atoms.